The van der Waals surface area contributed by atoms with Crippen LogP contribution in [-0.4, -0.2) is 23.4 Å². The maximum Gasteiger partial charge on any atom is 0.186 e. The van der Waals surface area contributed by atoms with Crippen molar-refractivity contribution in [3.8, 4) is 0 Å². The van der Waals surface area contributed by atoms with Gasteiger partial charge in [-0.1, -0.05) is 0 Å². The average molecular weight is 262 g/mol. The molecule has 0 saturated heterocycles. The molecule has 0 atom stereocenters. The number of thiocarbonyl (C=S) groups is 1. The van der Waals surface area contributed by atoms with Crippen LogP contribution in [0.4, 0.5) is 4.39 Å². The van der Waals surface area contributed by atoms with Gasteiger partial charge in [0.25, 0.3) is 0 Å². The largest absolute Gasteiger partial charge is 0.364 e. The number of hydrogen-bond acceptors (Lipinski definition) is 3. The van der Waals surface area contributed by atoms with E-state index >= 15 is 0 Å². The first-order chi connectivity index (χ1) is 8.70. The zero-order valence-electron chi connectivity index (χ0n) is 9.64. The van der Waals surface area contributed by atoms with Crippen LogP contribution in [0.3, 0.4) is 0 Å². The van der Waals surface area contributed by atoms with Crippen molar-refractivity contribution < 1.29 is 4.39 Å². The highest BCUT2D eigenvalue weighted by Gasteiger charge is 2.01. The number of nitrogens with zero attached hydrogens (tertiary/aromatic N) is 2. The maximum atomic E-state index is 13.1. The predicted molar refractivity (Wildman–Crippen MR) is 74.1 cm³/mol. The van der Waals surface area contributed by atoms with Gasteiger partial charge >= 0.3 is 0 Å². The van der Waals surface area contributed by atoms with Crippen LogP contribution in [0.25, 0.3) is 10.8 Å². The first-order valence-electron chi connectivity index (χ1n) is 5.26. The molecule has 0 bridgehead atoms. The van der Waals surface area contributed by atoms with Crippen LogP contribution in [0.2, 0.25) is 0 Å². The third kappa shape index (κ3) is 2.78. The van der Waals surface area contributed by atoms with E-state index in [1.165, 1.54) is 12.1 Å². The average Bonchev–Trinajstić information content (AvgIpc) is 2.38. The summed E-state index contributed by atoms with van der Waals surface area (Å²) >= 11 is 4.88. The van der Waals surface area contributed by atoms with Gasteiger partial charge in [-0.05, 0) is 41.9 Å². The SMILES string of the molecule is CNC(=S)N/N=C/c1nccc2cc(F)ccc12. The van der Waals surface area contributed by atoms with Crippen LogP contribution in [0.15, 0.2) is 35.6 Å². The molecule has 0 unspecified atom stereocenters. The normalized spacial score (nSPS) is 10.8. The predicted octanol–water partition coefficient (Wildman–Crippen LogP) is 1.80. The van der Waals surface area contributed by atoms with E-state index in [9.17, 15) is 4.39 Å². The zero-order valence-corrected chi connectivity index (χ0v) is 10.5. The Morgan fingerprint density at radius 3 is 3.06 bits per heavy atom. The summed E-state index contributed by atoms with van der Waals surface area (Å²) in [6.07, 6.45) is 3.16. The number of benzene rings is 1. The van der Waals surface area contributed by atoms with Crippen molar-refractivity contribution in [1.82, 2.24) is 15.7 Å². The molecular weight excluding hydrogens is 251 g/mol. The summed E-state index contributed by atoms with van der Waals surface area (Å²) in [5.41, 5.74) is 3.28. The molecule has 1 aromatic heterocycles. The molecule has 0 spiro atoms. The summed E-state index contributed by atoms with van der Waals surface area (Å²) in [6, 6.07) is 6.28. The number of hydrogen-bond donors (Lipinski definition) is 2. The van der Waals surface area contributed by atoms with Crippen LogP contribution in [-0.2, 0) is 0 Å². The first kappa shape index (κ1) is 12.4. The van der Waals surface area contributed by atoms with Gasteiger partial charge in [0.15, 0.2) is 5.11 Å². The summed E-state index contributed by atoms with van der Waals surface area (Å²) < 4.78 is 13.1. The summed E-state index contributed by atoms with van der Waals surface area (Å²) in [5.74, 6) is -0.272. The molecule has 2 N–H and O–H groups in total. The number of fused-ring (bicyclic) bond motifs is 1. The van der Waals surface area contributed by atoms with Gasteiger partial charge in [-0.15, -0.1) is 0 Å². The molecule has 6 heteroatoms. The van der Waals surface area contributed by atoms with Gasteiger partial charge in [-0.25, -0.2) is 4.39 Å². The molecule has 2 aromatic rings. The van der Waals surface area contributed by atoms with Crippen molar-refractivity contribution in [1.29, 1.82) is 0 Å². The summed E-state index contributed by atoms with van der Waals surface area (Å²) in [5, 5.41) is 8.71. The fourth-order valence-corrected chi connectivity index (χ4v) is 1.54. The van der Waals surface area contributed by atoms with Crippen molar-refractivity contribution in [2.24, 2.45) is 5.10 Å². The highest BCUT2D eigenvalue weighted by atomic mass is 32.1. The highest BCUT2D eigenvalue weighted by molar-refractivity contribution is 7.80. The van der Waals surface area contributed by atoms with E-state index in [1.807, 2.05) is 0 Å². The highest BCUT2D eigenvalue weighted by Crippen LogP contribution is 2.16. The Labute approximate surface area is 109 Å². The first-order valence-corrected chi connectivity index (χ1v) is 5.66. The Kier molecular flexibility index (Phi) is 3.78. The lowest BCUT2D eigenvalue weighted by Gasteiger charge is -2.02. The van der Waals surface area contributed by atoms with Gasteiger partial charge in [0, 0.05) is 18.6 Å². The van der Waals surface area contributed by atoms with E-state index in [2.05, 4.69) is 20.8 Å². The van der Waals surface area contributed by atoms with E-state index in [-0.39, 0.29) is 5.82 Å². The second kappa shape index (κ2) is 5.50. The molecule has 0 fully saturated rings. The van der Waals surface area contributed by atoms with Crippen molar-refractivity contribution in [2.75, 3.05) is 7.05 Å². The van der Waals surface area contributed by atoms with Crippen LogP contribution in [0.1, 0.15) is 5.69 Å². The Morgan fingerprint density at radius 1 is 1.44 bits per heavy atom. The molecule has 0 aliphatic carbocycles. The Balaban J connectivity index is 2.31. The fraction of sp³-hybridized carbons (Fsp3) is 0.0833. The fourth-order valence-electron chi connectivity index (χ4n) is 1.48. The molecule has 0 aliphatic rings. The van der Waals surface area contributed by atoms with E-state index < -0.39 is 0 Å². The number of nitrogens with one attached hydrogen (secondary N) is 2. The lowest BCUT2D eigenvalue weighted by Crippen LogP contribution is -2.28. The molecule has 0 radical (unpaired) electrons. The van der Waals surface area contributed by atoms with E-state index in [1.54, 1.807) is 31.6 Å². The molecule has 4 nitrogen and oxygen atoms in total. The Hall–Kier alpha value is -2.08. The second-order valence-electron chi connectivity index (χ2n) is 3.51. The van der Waals surface area contributed by atoms with Crippen LogP contribution in [0.5, 0.6) is 0 Å². The number of halogens is 1. The van der Waals surface area contributed by atoms with Crippen LogP contribution < -0.4 is 10.7 Å². The number of aromatic nitrogens is 1. The van der Waals surface area contributed by atoms with Gasteiger partial charge in [0.05, 0.1) is 11.9 Å². The van der Waals surface area contributed by atoms with Crippen molar-refractivity contribution in [3.05, 3.63) is 42.0 Å². The zero-order chi connectivity index (χ0) is 13.0. The Morgan fingerprint density at radius 2 is 2.28 bits per heavy atom. The lowest BCUT2D eigenvalue weighted by atomic mass is 10.1. The molecule has 2 rings (SSSR count). The molecule has 1 aromatic carbocycles. The molecule has 0 saturated carbocycles. The standard InChI is InChI=1S/C12H11FN4S/c1-14-12(18)17-16-7-11-10-3-2-9(13)6-8(10)4-5-15-11/h2-7H,1H3,(H2,14,17,18)/b16-7+. The number of hydrazone groups is 1. The van der Waals surface area contributed by atoms with Crippen LogP contribution >= 0.6 is 12.2 Å². The molecule has 0 aliphatic heterocycles. The van der Waals surface area contributed by atoms with Crippen molar-refractivity contribution >= 4 is 34.3 Å². The third-order valence-corrected chi connectivity index (χ3v) is 2.63. The topological polar surface area (TPSA) is 49.3 Å². The van der Waals surface area contributed by atoms with Gasteiger partial charge in [0.2, 0.25) is 0 Å². The monoisotopic (exact) mass is 262 g/mol. The van der Waals surface area contributed by atoms with E-state index in [4.69, 9.17) is 12.2 Å². The van der Waals surface area contributed by atoms with Gasteiger partial charge in [-0.2, -0.15) is 5.10 Å². The number of rotatable bonds is 2. The summed E-state index contributed by atoms with van der Waals surface area (Å²) in [4.78, 5) is 4.18. The van der Waals surface area contributed by atoms with E-state index in [0.717, 1.165) is 10.8 Å². The minimum Gasteiger partial charge on any atom is -0.364 e. The molecule has 92 valence electrons. The minimum atomic E-state index is -0.272. The van der Waals surface area contributed by atoms with Gasteiger partial charge in [-0.3, -0.25) is 10.4 Å². The number of pyridine rings is 1. The molecule has 18 heavy (non-hydrogen) atoms. The maximum absolute atomic E-state index is 13.1. The van der Waals surface area contributed by atoms with Gasteiger partial charge in [0.1, 0.15) is 5.82 Å². The third-order valence-electron chi connectivity index (χ3n) is 2.34. The minimum absolute atomic E-state index is 0.272. The van der Waals surface area contributed by atoms with Crippen molar-refractivity contribution in [3.63, 3.8) is 0 Å². The Bertz CT molecular complexity index is 612. The smallest absolute Gasteiger partial charge is 0.186 e. The molecule has 1 heterocycles. The summed E-state index contributed by atoms with van der Waals surface area (Å²) in [6.45, 7) is 0. The quantitative estimate of drug-likeness (QED) is 0.492. The van der Waals surface area contributed by atoms with Crippen molar-refractivity contribution in [2.45, 2.75) is 0 Å². The second-order valence-corrected chi connectivity index (χ2v) is 3.92. The lowest BCUT2D eigenvalue weighted by molar-refractivity contribution is 0.629. The molecule has 0 amide bonds. The van der Waals surface area contributed by atoms with E-state index in [0.29, 0.717) is 10.8 Å². The summed E-state index contributed by atoms with van der Waals surface area (Å²) in [7, 11) is 1.70. The van der Waals surface area contributed by atoms with Crippen LogP contribution in [0, 0.1) is 5.82 Å². The molecular formula is C12H11FN4S. The van der Waals surface area contributed by atoms with Gasteiger partial charge < -0.3 is 5.32 Å².